The second kappa shape index (κ2) is 11.8. The van der Waals surface area contributed by atoms with Crippen LogP contribution in [-0.2, 0) is 19.1 Å². The van der Waals surface area contributed by atoms with Crippen LogP contribution < -0.4 is 0 Å². The van der Waals surface area contributed by atoms with Crippen molar-refractivity contribution in [3.8, 4) is 0 Å². The van der Waals surface area contributed by atoms with Crippen LogP contribution in [0.3, 0.4) is 0 Å². The van der Waals surface area contributed by atoms with E-state index in [9.17, 15) is 24.9 Å². The van der Waals surface area contributed by atoms with E-state index in [1.165, 1.54) is 6.08 Å². The molecule has 3 N–H and O–H groups in total. The zero-order valence-corrected chi connectivity index (χ0v) is 23.8. The third-order valence-corrected chi connectivity index (χ3v) is 9.21. The van der Waals surface area contributed by atoms with Gasteiger partial charge in [0, 0.05) is 11.0 Å². The molecule has 0 heterocycles. The molecule has 8 atom stereocenters. The van der Waals surface area contributed by atoms with E-state index in [-0.39, 0.29) is 36.8 Å². The summed E-state index contributed by atoms with van der Waals surface area (Å²) in [5.74, 6) is -1.72. The van der Waals surface area contributed by atoms with Gasteiger partial charge in [0.2, 0.25) is 0 Å². The molecule has 2 saturated carbocycles. The van der Waals surface area contributed by atoms with Gasteiger partial charge in [-0.15, -0.1) is 6.58 Å². The van der Waals surface area contributed by atoms with E-state index in [2.05, 4.69) is 13.2 Å². The van der Waals surface area contributed by atoms with Crippen molar-refractivity contribution in [1.82, 2.24) is 0 Å². The van der Waals surface area contributed by atoms with E-state index >= 15 is 0 Å². The van der Waals surface area contributed by atoms with Gasteiger partial charge in [0.25, 0.3) is 0 Å². The summed E-state index contributed by atoms with van der Waals surface area (Å²) in [7, 11) is 0. The predicted octanol–water partition coefficient (Wildman–Crippen LogP) is 4.50. The number of aliphatic hydroxyl groups excluding tert-OH is 2. The number of allylic oxidation sites excluding steroid dienone is 1. The molecule has 7 heteroatoms. The molecule has 0 amide bonds. The molecular formula is C30H48O7. The minimum absolute atomic E-state index is 0.0419. The minimum atomic E-state index is -1.13. The Bertz CT molecular complexity index is 902. The number of carbonyl (C=O) groups excluding carboxylic acids is 2. The monoisotopic (exact) mass is 520 g/mol. The normalized spacial score (nSPS) is 34.1. The molecular weight excluding hydrogens is 472 g/mol. The summed E-state index contributed by atoms with van der Waals surface area (Å²) >= 11 is 0. The Labute approximate surface area is 222 Å². The summed E-state index contributed by atoms with van der Waals surface area (Å²) in [4.78, 5) is 25.6. The Morgan fingerprint density at radius 2 is 1.92 bits per heavy atom. The van der Waals surface area contributed by atoms with Gasteiger partial charge in [-0.2, -0.15) is 0 Å². The van der Waals surface area contributed by atoms with Gasteiger partial charge < -0.3 is 24.8 Å². The van der Waals surface area contributed by atoms with Gasteiger partial charge >= 0.3 is 11.9 Å². The Hall–Kier alpha value is -1.96. The first-order chi connectivity index (χ1) is 17.1. The van der Waals surface area contributed by atoms with Crippen LogP contribution in [0.5, 0.6) is 0 Å². The smallest absolute Gasteiger partial charge is 0.333 e. The fourth-order valence-corrected chi connectivity index (χ4v) is 6.19. The summed E-state index contributed by atoms with van der Waals surface area (Å²) in [6.45, 7) is 20.7. The molecule has 0 aromatic heterocycles. The van der Waals surface area contributed by atoms with E-state index in [4.69, 9.17) is 9.47 Å². The van der Waals surface area contributed by atoms with Gasteiger partial charge in [0.1, 0.15) is 6.10 Å². The fraction of sp³-hybridized carbons (Fsp3) is 0.733. The standard InChI is InChI=1S/C30H48O7/c1-10-18(4)26(33)36-17-30-16-23(37-27(34)19(5)11-2)25(32)28(7,8)24(30)15-22(31)20(6)21(30)13-14-29(9,35)12-3/h11-12,18,21-25,31-32,35H,3,6,10,13-17H2,1-2,4-5,7-9H3/b19-11-/t18-,21-,22-,23-,24+,25-,29+,30+/m1/s1. The maximum absolute atomic E-state index is 12.8. The van der Waals surface area contributed by atoms with Crippen LogP contribution in [0.4, 0.5) is 0 Å². The van der Waals surface area contributed by atoms with Crippen molar-refractivity contribution < 1.29 is 34.4 Å². The number of ether oxygens (including phenoxy) is 2. The number of carbonyl (C=O) groups is 2. The topological polar surface area (TPSA) is 113 Å². The highest BCUT2D eigenvalue weighted by atomic mass is 16.6. The third kappa shape index (κ3) is 6.37. The molecule has 0 saturated heterocycles. The van der Waals surface area contributed by atoms with Crippen molar-refractivity contribution in [3.63, 3.8) is 0 Å². The predicted molar refractivity (Wildman–Crippen MR) is 143 cm³/mol. The van der Waals surface area contributed by atoms with Gasteiger partial charge in [-0.25, -0.2) is 4.79 Å². The van der Waals surface area contributed by atoms with E-state index in [0.29, 0.717) is 36.8 Å². The quantitative estimate of drug-likeness (QED) is 0.221. The van der Waals surface area contributed by atoms with Gasteiger partial charge in [0.15, 0.2) is 0 Å². The second-order valence-electron chi connectivity index (χ2n) is 12.1. The van der Waals surface area contributed by atoms with Gasteiger partial charge in [-0.3, -0.25) is 4.79 Å². The minimum Gasteiger partial charge on any atom is -0.465 e. The summed E-state index contributed by atoms with van der Waals surface area (Å²) in [5.41, 5.74) is -1.64. The van der Waals surface area contributed by atoms with E-state index in [0.717, 1.165) is 0 Å². The molecule has 7 nitrogen and oxygen atoms in total. The lowest BCUT2D eigenvalue weighted by Crippen LogP contribution is -2.65. The lowest BCUT2D eigenvalue weighted by atomic mass is 9.44. The zero-order valence-electron chi connectivity index (χ0n) is 23.8. The van der Waals surface area contributed by atoms with Crippen LogP contribution in [0, 0.1) is 28.6 Å². The van der Waals surface area contributed by atoms with Gasteiger partial charge in [-0.1, -0.05) is 46.4 Å². The molecule has 2 aliphatic rings. The molecule has 0 aliphatic heterocycles. The maximum atomic E-state index is 12.8. The van der Waals surface area contributed by atoms with Crippen LogP contribution in [0.15, 0.2) is 36.5 Å². The summed E-state index contributed by atoms with van der Waals surface area (Å²) in [6, 6.07) is 0. The Kier molecular flexibility index (Phi) is 10.00. The van der Waals surface area contributed by atoms with Crippen LogP contribution in [0.25, 0.3) is 0 Å². The highest BCUT2D eigenvalue weighted by molar-refractivity contribution is 5.87. The number of esters is 2. The lowest BCUT2D eigenvalue weighted by Gasteiger charge is -2.62. The van der Waals surface area contributed by atoms with Crippen molar-refractivity contribution in [3.05, 3.63) is 36.5 Å². The van der Waals surface area contributed by atoms with Crippen molar-refractivity contribution >= 4 is 11.9 Å². The molecule has 0 unspecified atom stereocenters. The Balaban J connectivity index is 2.62. The van der Waals surface area contributed by atoms with Crippen molar-refractivity contribution in [2.24, 2.45) is 28.6 Å². The molecule has 0 radical (unpaired) electrons. The molecule has 0 bridgehead atoms. The fourth-order valence-electron chi connectivity index (χ4n) is 6.19. The molecule has 2 rings (SSSR count). The van der Waals surface area contributed by atoms with Crippen LogP contribution >= 0.6 is 0 Å². The van der Waals surface area contributed by atoms with E-state index in [1.807, 2.05) is 27.7 Å². The molecule has 2 aliphatic carbocycles. The number of hydrogen-bond donors (Lipinski definition) is 3. The number of aliphatic hydroxyl groups is 3. The molecule has 0 aromatic rings. The average Bonchev–Trinajstić information content (AvgIpc) is 2.86. The largest absolute Gasteiger partial charge is 0.465 e. The van der Waals surface area contributed by atoms with Crippen LogP contribution in [-0.4, -0.2) is 57.8 Å². The van der Waals surface area contributed by atoms with Crippen molar-refractivity contribution in [1.29, 1.82) is 0 Å². The van der Waals surface area contributed by atoms with Gasteiger partial charge in [-0.05, 0) is 75.7 Å². The summed E-state index contributed by atoms with van der Waals surface area (Å²) < 4.78 is 11.8. The maximum Gasteiger partial charge on any atom is 0.333 e. The molecule has 210 valence electrons. The summed E-state index contributed by atoms with van der Waals surface area (Å²) in [5, 5.41) is 33.2. The zero-order chi connectivity index (χ0) is 28.3. The number of hydrogen-bond acceptors (Lipinski definition) is 7. The van der Waals surface area contributed by atoms with Crippen LogP contribution in [0.2, 0.25) is 0 Å². The van der Waals surface area contributed by atoms with Crippen molar-refractivity contribution in [2.75, 3.05) is 6.61 Å². The Morgan fingerprint density at radius 3 is 2.46 bits per heavy atom. The highest BCUT2D eigenvalue weighted by Gasteiger charge is 2.64. The lowest BCUT2D eigenvalue weighted by molar-refractivity contribution is -0.223. The molecule has 2 fully saturated rings. The number of rotatable bonds is 10. The molecule has 37 heavy (non-hydrogen) atoms. The van der Waals surface area contributed by atoms with Gasteiger partial charge in [0.05, 0.1) is 30.3 Å². The van der Waals surface area contributed by atoms with Crippen LogP contribution in [0.1, 0.15) is 80.6 Å². The third-order valence-electron chi connectivity index (χ3n) is 9.21. The molecule has 0 spiro atoms. The Morgan fingerprint density at radius 1 is 1.30 bits per heavy atom. The van der Waals surface area contributed by atoms with E-state index < -0.39 is 40.7 Å². The second-order valence-corrected chi connectivity index (χ2v) is 12.1. The first-order valence-corrected chi connectivity index (χ1v) is 13.5. The highest BCUT2D eigenvalue weighted by Crippen LogP contribution is 2.62. The first-order valence-electron chi connectivity index (χ1n) is 13.5. The molecule has 0 aromatic carbocycles. The average molecular weight is 521 g/mol. The number of fused-ring (bicyclic) bond motifs is 1. The first kappa shape index (κ1) is 31.3. The van der Waals surface area contributed by atoms with E-state index in [1.54, 1.807) is 26.8 Å². The van der Waals surface area contributed by atoms with Crippen molar-refractivity contribution in [2.45, 2.75) is 104 Å². The SMILES string of the molecule is C=C[C@](C)(O)CC[C@@H]1C(=C)[C@H](O)C[C@H]2C(C)(C)[C@H](O)[C@H](OC(=O)/C(C)=C\C)C[C@]12COC(=O)[C@H](C)CC. The summed E-state index contributed by atoms with van der Waals surface area (Å²) in [6.07, 6.45) is 2.53.